The lowest BCUT2D eigenvalue weighted by molar-refractivity contribution is -0.117. The number of nitrogens with zero attached hydrogens (tertiary/aromatic N) is 3. The Bertz CT molecular complexity index is 1020. The van der Waals surface area contributed by atoms with Gasteiger partial charge in [-0.1, -0.05) is 81.7 Å². The zero-order chi connectivity index (χ0) is 22.3. The minimum Gasteiger partial charge on any atom is -0.328 e. The predicted molar refractivity (Wildman–Crippen MR) is 133 cm³/mol. The summed E-state index contributed by atoms with van der Waals surface area (Å²) in [6.45, 7) is 6.04. The van der Waals surface area contributed by atoms with Crippen molar-refractivity contribution in [1.29, 1.82) is 0 Å². The van der Waals surface area contributed by atoms with Gasteiger partial charge in [0, 0.05) is 31.1 Å². The number of hydrogen-bond acceptors (Lipinski definition) is 2. The van der Waals surface area contributed by atoms with E-state index in [1.54, 1.807) is 0 Å². The van der Waals surface area contributed by atoms with Gasteiger partial charge >= 0.3 is 0 Å². The molecule has 0 bridgehead atoms. The summed E-state index contributed by atoms with van der Waals surface area (Å²) < 4.78 is 2.39. The van der Waals surface area contributed by atoms with Crippen LogP contribution in [-0.4, -0.2) is 22.0 Å². The molecule has 1 unspecified atom stereocenters. The molecule has 4 heteroatoms. The van der Waals surface area contributed by atoms with Crippen LogP contribution in [0.15, 0.2) is 48.5 Å². The van der Waals surface area contributed by atoms with Gasteiger partial charge < -0.3 is 9.47 Å². The quantitative estimate of drug-likeness (QED) is 0.306. The Hall–Kier alpha value is -2.62. The van der Waals surface area contributed by atoms with Crippen molar-refractivity contribution in [2.45, 2.75) is 84.1 Å². The monoisotopic (exact) mass is 431 g/mol. The molecular weight excluding hydrogens is 394 g/mol. The third-order valence-corrected chi connectivity index (χ3v) is 6.76. The number of carbonyl (C=O) groups is 1. The SMILES string of the molecule is CCCCCCCCCCn1c(C2CC(=O)N(c3ccc(C)cc3)C2)nc2ccccc21. The van der Waals surface area contributed by atoms with Crippen molar-refractivity contribution in [3.63, 3.8) is 0 Å². The second-order valence-electron chi connectivity index (χ2n) is 9.33. The molecule has 0 saturated carbocycles. The maximum absolute atomic E-state index is 12.9. The summed E-state index contributed by atoms with van der Waals surface area (Å²) in [6, 6.07) is 16.7. The van der Waals surface area contributed by atoms with Crippen molar-refractivity contribution in [1.82, 2.24) is 9.55 Å². The number of amides is 1. The molecule has 4 rings (SSSR count). The van der Waals surface area contributed by atoms with E-state index in [1.165, 1.54) is 62.4 Å². The number of aromatic nitrogens is 2. The van der Waals surface area contributed by atoms with Crippen LogP contribution in [0, 0.1) is 6.92 Å². The van der Waals surface area contributed by atoms with Gasteiger partial charge in [-0.3, -0.25) is 4.79 Å². The number of aryl methyl sites for hydroxylation is 2. The van der Waals surface area contributed by atoms with Crippen molar-refractivity contribution in [3.8, 4) is 0 Å². The molecule has 0 N–H and O–H groups in total. The number of hydrogen-bond donors (Lipinski definition) is 0. The van der Waals surface area contributed by atoms with Crippen LogP contribution in [0.5, 0.6) is 0 Å². The molecule has 32 heavy (non-hydrogen) atoms. The van der Waals surface area contributed by atoms with E-state index in [9.17, 15) is 4.79 Å². The average molecular weight is 432 g/mol. The number of carbonyl (C=O) groups excluding carboxylic acids is 1. The van der Waals surface area contributed by atoms with Crippen LogP contribution >= 0.6 is 0 Å². The van der Waals surface area contributed by atoms with E-state index < -0.39 is 0 Å². The van der Waals surface area contributed by atoms with Crippen molar-refractivity contribution in [2.75, 3.05) is 11.4 Å². The highest BCUT2D eigenvalue weighted by Gasteiger charge is 2.34. The smallest absolute Gasteiger partial charge is 0.227 e. The third kappa shape index (κ3) is 5.23. The third-order valence-electron chi connectivity index (χ3n) is 6.76. The largest absolute Gasteiger partial charge is 0.328 e. The Labute approximate surface area is 192 Å². The summed E-state index contributed by atoms with van der Waals surface area (Å²) >= 11 is 0. The molecule has 1 fully saturated rings. The lowest BCUT2D eigenvalue weighted by Gasteiger charge is -2.17. The molecule has 3 aromatic rings. The van der Waals surface area contributed by atoms with Crippen LogP contribution in [0.2, 0.25) is 0 Å². The molecule has 0 spiro atoms. The molecule has 0 radical (unpaired) electrons. The zero-order valence-corrected chi connectivity index (χ0v) is 19.7. The molecule has 2 aromatic carbocycles. The van der Waals surface area contributed by atoms with E-state index in [4.69, 9.17) is 4.98 Å². The first-order chi connectivity index (χ1) is 15.7. The van der Waals surface area contributed by atoms with Crippen LogP contribution < -0.4 is 4.90 Å². The van der Waals surface area contributed by atoms with E-state index >= 15 is 0 Å². The summed E-state index contributed by atoms with van der Waals surface area (Å²) in [6.07, 6.45) is 11.0. The number of fused-ring (bicyclic) bond motifs is 1. The number of benzene rings is 2. The molecule has 4 nitrogen and oxygen atoms in total. The predicted octanol–water partition coefficient (Wildman–Crippen LogP) is 7.01. The molecule has 170 valence electrons. The lowest BCUT2D eigenvalue weighted by Crippen LogP contribution is -2.24. The van der Waals surface area contributed by atoms with E-state index in [-0.39, 0.29) is 11.8 Å². The van der Waals surface area contributed by atoms with Gasteiger partial charge in [0.05, 0.1) is 11.0 Å². The van der Waals surface area contributed by atoms with Gasteiger partial charge in [-0.05, 0) is 37.6 Å². The lowest BCUT2D eigenvalue weighted by atomic mass is 10.1. The number of para-hydroxylation sites is 2. The second kappa shape index (κ2) is 10.8. The van der Waals surface area contributed by atoms with E-state index in [2.05, 4.69) is 66.9 Å². The topological polar surface area (TPSA) is 38.1 Å². The fourth-order valence-corrected chi connectivity index (χ4v) is 4.90. The van der Waals surface area contributed by atoms with Gasteiger partial charge in [-0.2, -0.15) is 0 Å². The summed E-state index contributed by atoms with van der Waals surface area (Å²) in [5.41, 5.74) is 4.45. The minimum atomic E-state index is 0.144. The van der Waals surface area contributed by atoms with Gasteiger partial charge in [0.2, 0.25) is 5.91 Å². The number of unbranched alkanes of at least 4 members (excludes halogenated alkanes) is 7. The number of imidazole rings is 1. The Kier molecular flexibility index (Phi) is 7.62. The van der Waals surface area contributed by atoms with Crippen molar-refractivity contribution >= 4 is 22.6 Å². The standard InChI is InChI=1S/C28H37N3O/c1-3-4-5-6-7-8-9-12-19-30-26-14-11-10-13-25(26)29-28(30)23-20-27(32)31(21-23)24-17-15-22(2)16-18-24/h10-11,13-18,23H,3-9,12,19-21H2,1-2H3. The first-order valence-corrected chi connectivity index (χ1v) is 12.5. The van der Waals surface area contributed by atoms with Crippen LogP contribution in [0.3, 0.4) is 0 Å². The zero-order valence-electron chi connectivity index (χ0n) is 19.7. The van der Waals surface area contributed by atoms with Gasteiger partial charge in [0.15, 0.2) is 0 Å². The fourth-order valence-electron chi connectivity index (χ4n) is 4.90. The summed E-state index contributed by atoms with van der Waals surface area (Å²) in [7, 11) is 0. The summed E-state index contributed by atoms with van der Waals surface area (Å²) in [5.74, 6) is 1.42. The molecule has 1 amide bonds. The van der Waals surface area contributed by atoms with Crippen molar-refractivity contribution in [2.24, 2.45) is 0 Å². The summed E-state index contributed by atoms with van der Waals surface area (Å²) in [5, 5.41) is 0. The molecule has 0 aliphatic carbocycles. The van der Waals surface area contributed by atoms with Crippen LogP contribution in [0.25, 0.3) is 11.0 Å². The van der Waals surface area contributed by atoms with Crippen molar-refractivity contribution in [3.05, 3.63) is 59.9 Å². The van der Waals surface area contributed by atoms with Crippen LogP contribution in [0.4, 0.5) is 5.69 Å². The molecule has 1 aliphatic rings. The molecule has 2 heterocycles. The van der Waals surface area contributed by atoms with Gasteiger partial charge in [0.25, 0.3) is 0 Å². The molecule has 1 saturated heterocycles. The first-order valence-electron chi connectivity index (χ1n) is 12.5. The summed E-state index contributed by atoms with van der Waals surface area (Å²) in [4.78, 5) is 19.8. The molecule has 1 atom stereocenters. The van der Waals surface area contributed by atoms with E-state index in [0.717, 1.165) is 23.6 Å². The number of rotatable bonds is 11. The normalized spacial score (nSPS) is 16.4. The molecule has 1 aromatic heterocycles. The molecular formula is C28H37N3O. The van der Waals surface area contributed by atoms with E-state index in [1.807, 2.05) is 4.90 Å². The number of anilines is 1. The Balaban J connectivity index is 1.44. The van der Waals surface area contributed by atoms with Gasteiger partial charge in [0.1, 0.15) is 5.82 Å². The van der Waals surface area contributed by atoms with Crippen LogP contribution in [0.1, 0.15) is 82.0 Å². The van der Waals surface area contributed by atoms with Crippen molar-refractivity contribution < 1.29 is 4.79 Å². The highest BCUT2D eigenvalue weighted by molar-refractivity contribution is 5.96. The van der Waals surface area contributed by atoms with Crippen LogP contribution in [-0.2, 0) is 11.3 Å². The van der Waals surface area contributed by atoms with Gasteiger partial charge in [-0.25, -0.2) is 4.98 Å². The highest BCUT2D eigenvalue weighted by Crippen LogP contribution is 2.33. The van der Waals surface area contributed by atoms with E-state index in [0.29, 0.717) is 13.0 Å². The average Bonchev–Trinajstić information content (AvgIpc) is 3.37. The minimum absolute atomic E-state index is 0.144. The molecule has 1 aliphatic heterocycles. The maximum atomic E-state index is 12.9. The van der Waals surface area contributed by atoms with Gasteiger partial charge in [-0.15, -0.1) is 0 Å². The maximum Gasteiger partial charge on any atom is 0.227 e. The second-order valence-corrected chi connectivity index (χ2v) is 9.33. The fraction of sp³-hybridized carbons (Fsp3) is 0.500. The highest BCUT2D eigenvalue weighted by atomic mass is 16.2. The Morgan fingerprint density at radius 3 is 2.34 bits per heavy atom. The Morgan fingerprint density at radius 2 is 1.59 bits per heavy atom. The first kappa shape index (κ1) is 22.6. The Morgan fingerprint density at radius 1 is 0.906 bits per heavy atom.